The van der Waals surface area contributed by atoms with Gasteiger partial charge in [0.05, 0.1) is 29.4 Å². The maximum atomic E-state index is 14.2. The second-order valence-electron chi connectivity index (χ2n) is 14.8. The van der Waals surface area contributed by atoms with E-state index in [4.69, 9.17) is 5.10 Å². The summed E-state index contributed by atoms with van der Waals surface area (Å²) < 4.78 is 4.02. The summed E-state index contributed by atoms with van der Waals surface area (Å²) in [6.45, 7) is 2.35. The van der Waals surface area contributed by atoms with Gasteiger partial charge in [0.25, 0.3) is 5.91 Å². The zero-order valence-corrected chi connectivity index (χ0v) is 30.7. The maximum absolute atomic E-state index is 14.2. The van der Waals surface area contributed by atoms with E-state index in [1.165, 1.54) is 0 Å². The molecule has 2 atom stereocenters. The number of nitrogens with one attached hydrogen (secondary N) is 1. The molecule has 0 bridgehead atoms. The van der Waals surface area contributed by atoms with Crippen molar-refractivity contribution >= 4 is 27.7 Å². The molecule has 3 heterocycles. The number of para-hydroxylation sites is 1. The molecule has 0 saturated heterocycles. The fraction of sp³-hybridized carbons (Fsp3) is 0.191. The van der Waals surface area contributed by atoms with Crippen LogP contribution in [-0.4, -0.2) is 47.2 Å². The predicted octanol–water partition coefficient (Wildman–Crippen LogP) is 8.70. The van der Waals surface area contributed by atoms with Gasteiger partial charge >= 0.3 is 0 Å². The predicted molar refractivity (Wildman–Crippen MR) is 217 cm³/mol. The number of hydrogen-bond acceptors (Lipinski definition) is 5. The number of benzene rings is 5. The number of hydrogen-bond donors (Lipinski definition) is 2. The lowest BCUT2D eigenvalue weighted by Gasteiger charge is -2.37. The summed E-state index contributed by atoms with van der Waals surface area (Å²) in [6, 6.07) is 49.2. The van der Waals surface area contributed by atoms with E-state index >= 15 is 0 Å². The Bertz CT molecular complexity index is 2520. The minimum atomic E-state index is -0.988. The van der Waals surface area contributed by atoms with Crippen LogP contribution < -0.4 is 5.32 Å². The Morgan fingerprint density at radius 2 is 1.47 bits per heavy atom. The van der Waals surface area contributed by atoms with Gasteiger partial charge < -0.3 is 10.4 Å². The molecule has 1 fully saturated rings. The van der Waals surface area contributed by atoms with E-state index in [-0.39, 0.29) is 11.9 Å². The van der Waals surface area contributed by atoms with Crippen molar-refractivity contribution in [1.82, 2.24) is 29.9 Å². The largest absolute Gasteiger partial charge is 0.388 e. The Morgan fingerprint density at radius 3 is 2.15 bits per heavy atom. The van der Waals surface area contributed by atoms with Gasteiger partial charge in [-0.3, -0.25) is 14.5 Å². The zero-order valence-electron chi connectivity index (χ0n) is 30.7. The molecule has 1 aliphatic carbocycles. The van der Waals surface area contributed by atoms with Crippen LogP contribution in [0.2, 0.25) is 0 Å². The van der Waals surface area contributed by atoms with Crippen LogP contribution in [0, 0.1) is 6.92 Å². The third kappa shape index (κ3) is 6.28. The topological polar surface area (TPSA) is 97.9 Å². The Morgan fingerprint density at radius 1 is 0.818 bits per heavy atom. The van der Waals surface area contributed by atoms with Crippen molar-refractivity contribution in [2.24, 2.45) is 0 Å². The molecule has 5 aromatic carbocycles. The van der Waals surface area contributed by atoms with E-state index in [1.54, 1.807) is 6.20 Å². The van der Waals surface area contributed by atoms with E-state index < -0.39 is 11.1 Å². The molecule has 1 aliphatic rings. The summed E-state index contributed by atoms with van der Waals surface area (Å²) in [7, 11) is 0. The lowest BCUT2D eigenvalue weighted by molar-refractivity contribution is -0.0227. The maximum Gasteiger partial charge on any atom is 0.251 e. The molecule has 0 radical (unpaired) electrons. The molecule has 8 heteroatoms. The normalized spacial score (nSPS) is 17.4. The number of carbonyl (C=O) groups is 1. The lowest BCUT2D eigenvalue weighted by atomic mass is 9.77. The smallest absolute Gasteiger partial charge is 0.251 e. The molecule has 1 amide bonds. The molecule has 0 aliphatic heterocycles. The summed E-state index contributed by atoms with van der Waals surface area (Å²) >= 11 is 0. The van der Waals surface area contributed by atoms with E-state index in [9.17, 15) is 9.90 Å². The summed E-state index contributed by atoms with van der Waals surface area (Å²) in [5.41, 5.74) is 6.32. The number of pyridine rings is 1. The van der Waals surface area contributed by atoms with Gasteiger partial charge in [0.15, 0.2) is 0 Å². The number of fused-ring (bicyclic) bond motifs is 2. The summed E-state index contributed by atoms with van der Waals surface area (Å²) in [6.07, 6.45) is 6.34. The monoisotopic (exact) mass is 722 g/mol. The molecule has 1 unspecified atom stereocenters. The Kier molecular flexibility index (Phi) is 8.83. The first-order valence-electron chi connectivity index (χ1n) is 19.0. The van der Waals surface area contributed by atoms with Crippen LogP contribution in [-0.2, 0) is 12.1 Å². The van der Waals surface area contributed by atoms with E-state index in [2.05, 4.69) is 92.9 Å². The van der Waals surface area contributed by atoms with Gasteiger partial charge in [-0.2, -0.15) is 10.2 Å². The lowest BCUT2D eigenvalue weighted by Crippen LogP contribution is -2.47. The molecule has 9 rings (SSSR count). The Hall–Kier alpha value is -6.38. The van der Waals surface area contributed by atoms with Gasteiger partial charge in [-0.05, 0) is 85.7 Å². The molecular formula is C47H42N6O2. The highest BCUT2D eigenvalue weighted by Gasteiger charge is 2.41. The molecule has 8 aromatic rings. The first-order valence-corrected chi connectivity index (χ1v) is 19.0. The highest BCUT2D eigenvalue weighted by atomic mass is 16.3. The number of aliphatic hydroxyl groups is 1. The molecule has 0 spiro atoms. The molecule has 8 nitrogen and oxygen atoms in total. The van der Waals surface area contributed by atoms with Gasteiger partial charge in [-0.15, -0.1) is 0 Å². The molecule has 2 N–H and O–H groups in total. The highest BCUT2D eigenvalue weighted by molar-refractivity contribution is 6.02. The van der Waals surface area contributed by atoms with Gasteiger partial charge in [0, 0.05) is 39.8 Å². The van der Waals surface area contributed by atoms with Crippen LogP contribution in [0.1, 0.15) is 58.4 Å². The fourth-order valence-electron chi connectivity index (χ4n) is 8.63. The zero-order chi connectivity index (χ0) is 37.4. The van der Waals surface area contributed by atoms with Crippen molar-refractivity contribution in [2.45, 2.75) is 56.3 Å². The van der Waals surface area contributed by atoms with Crippen molar-refractivity contribution in [3.8, 4) is 11.3 Å². The van der Waals surface area contributed by atoms with Crippen molar-refractivity contribution in [2.75, 3.05) is 0 Å². The molecule has 1 saturated carbocycles. The number of rotatable bonds is 9. The van der Waals surface area contributed by atoms with Crippen LogP contribution in [0.25, 0.3) is 33.1 Å². The number of aryl methyl sites for hydroxylation is 1. The van der Waals surface area contributed by atoms with Crippen molar-refractivity contribution in [3.05, 3.63) is 186 Å². The van der Waals surface area contributed by atoms with Gasteiger partial charge in [0.2, 0.25) is 0 Å². The SMILES string of the molecule is Cc1cc(-c2nn(C(c3ccccc3)(c3ccccc3)c3ccccc3)c3ccc(C(=O)N[C@@H]4CCCC(O)(Cn5ncc6ccccc65)C4)cc23)ccn1. The molecule has 272 valence electrons. The summed E-state index contributed by atoms with van der Waals surface area (Å²) in [5.74, 6) is -0.175. The number of carbonyl (C=O) groups excluding carboxylic acids is 1. The van der Waals surface area contributed by atoms with Crippen LogP contribution >= 0.6 is 0 Å². The minimum Gasteiger partial charge on any atom is -0.388 e. The van der Waals surface area contributed by atoms with Gasteiger partial charge in [-0.1, -0.05) is 109 Å². The third-order valence-electron chi connectivity index (χ3n) is 11.2. The van der Waals surface area contributed by atoms with Crippen LogP contribution in [0.3, 0.4) is 0 Å². The Labute approximate surface area is 320 Å². The van der Waals surface area contributed by atoms with Crippen LogP contribution in [0.5, 0.6) is 0 Å². The summed E-state index contributed by atoms with van der Waals surface area (Å²) in [4.78, 5) is 18.7. The summed E-state index contributed by atoms with van der Waals surface area (Å²) in [5, 5.41) is 27.1. The molecule has 55 heavy (non-hydrogen) atoms. The van der Waals surface area contributed by atoms with E-state index in [0.717, 1.165) is 68.3 Å². The number of amides is 1. The van der Waals surface area contributed by atoms with Crippen molar-refractivity contribution in [1.29, 1.82) is 0 Å². The minimum absolute atomic E-state index is 0.175. The first kappa shape index (κ1) is 34.4. The second-order valence-corrected chi connectivity index (χ2v) is 14.8. The average Bonchev–Trinajstić information content (AvgIpc) is 3.81. The van der Waals surface area contributed by atoms with Crippen LogP contribution in [0.4, 0.5) is 0 Å². The Balaban J connectivity index is 1.14. The molecular weight excluding hydrogens is 681 g/mol. The van der Waals surface area contributed by atoms with E-state index in [1.807, 2.05) is 90.6 Å². The first-order chi connectivity index (χ1) is 26.9. The third-order valence-corrected chi connectivity index (χ3v) is 11.2. The highest BCUT2D eigenvalue weighted by Crippen LogP contribution is 2.44. The quantitative estimate of drug-likeness (QED) is 0.145. The van der Waals surface area contributed by atoms with Crippen molar-refractivity contribution < 1.29 is 9.90 Å². The molecule has 3 aromatic heterocycles. The average molecular weight is 723 g/mol. The fourth-order valence-corrected chi connectivity index (χ4v) is 8.63. The number of aromatic nitrogens is 5. The van der Waals surface area contributed by atoms with Gasteiger partial charge in [-0.25, -0.2) is 4.68 Å². The number of nitrogens with zero attached hydrogens (tertiary/aromatic N) is 5. The standard InChI is InChI=1S/C47H42N6O2/c1-33-28-34(25-27-48-33)44-41-29-35(45(54)50-40-21-13-26-46(55,30-40)32-52-42-22-12-11-14-36(42)31-49-52)23-24-43(41)53(51-44)47(37-15-5-2-6-16-37,38-17-7-3-8-18-38)39-19-9-4-10-20-39/h2-12,14-20,22-25,27-29,31,40,55H,13,21,26,30,32H2,1H3,(H,50,54)/t40-,46?/m1/s1. The van der Waals surface area contributed by atoms with Crippen molar-refractivity contribution in [3.63, 3.8) is 0 Å². The van der Waals surface area contributed by atoms with E-state index in [0.29, 0.717) is 24.9 Å². The van der Waals surface area contributed by atoms with Crippen LogP contribution in [0.15, 0.2) is 158 Å². The second kappa shape index (κ2) is 14.1. The van der Waals surface area contributed by atoms with Gasteiger partial charge in [0.1, 0.15) is 11.2 Å².